The Labute approximate surface area is 142 Å². The highest BCUT2D eigenvalue weighted by Gasteiger charge is 2.20. The number of rotatable bonds is 7. The van der Waals surface area contributed by atoms with E-state index in [9.17, 15) is 4.79 Å². The number of carbonyl (C=O) groups is 1. The van der Waals surface area contributed by atoms with Crippen molar-refractivity contribution in [3.8, 4) is 17.2 Å². The lowest BCUT2D eigenvalue weighted by molar-refractivity contribution is -0.122. The van der Waals surface area contributed by atoms with Gasteiger partial charge in [-0.25, -0.2) is 0 Å². The van der Waals surface area contributed by atoms with E-state index in [0.29, 0.717) is 29.4 Å². The topological polar surface area (TPSA) is 56.8 Å². The second-order valence-electron chi connectivity index (χ2n) is 5.39. The molecule has 1 amide bonds. The molecular formula is C19H23NO4. The van der Waals surface area contributed by atoms with Gasteiger partial charge in [0, 0.05) is 6.07 Å². The number of hydrogen-bond donors (Lipinski definition) is 1. The van der Waals surface area contributed by atoms with Crippen LogP contribution >= 0.6 is 0 Å². The first-order chi connectivity index (χ1) is 11.6. The zero-order valence-corrected chi connectivity index (χ0v) is 14.5. The largest absolute Gasteiger partial charge is 0.497 e. The van der Waals surface area contributed by atoms with Gasteiger partial charge in [0.25, 0.3) is 5.91 Å². The van der Waals surface area contributed by atoms with E-state index >= 15 is 0 Å². The maximum absolute atomic E-state index is 12.5. The Morgan fingerprint density at radius 2 is 1.88 bits per heavy atom. The highest BCUT2D eigenvalue weighted by molar-refractivity contribution is 5.95. The van der Waals surface area contributed by atoms with Crippen LogP contribution in [0.25, 0.3) is 0 Å². The standard InChI is InChI=1S/C19H23NO4/c1-5-17(24-15-8-6-7-13(2)11-15)19(21)20-16-10-9-14(22-3)12-18(16)23-4/h6-12,17H,5H2,1-4H3,(H,20,21). The second kappa shape index (κ2) is 8.24. The van der Waals surface area contributed by atoms with Crippen molar-refractivity contribution in [3.05, 3.63) is 48.0 Å². The van der Waals surface area contributed by atoms with Gasteiger partial charge >= 0.3 is 0 Å². The summed E-state index contributed by atoms with van der Waals surface area (Å²) < 4.78 is 16.3. The smallest absolute Gasteiger partial charge is 0.265 e. The van der Waals surface area contributed by atoms with E-state index in [2.05, 4.69) is 5.32 Å². The number of anilines is 1. The summed E-state index contributed by atoms with van der Waals surface area (Å²) in [5.74, 6) is 1.65. The van der Waals surface area contributed by atoms with E-state index < -0.39 is 6.10 Å². The molecule has 24 heavy (non-hydrogen) atoms. The predicted octanol–water partition coefficient (Wildman–Crippen LogP) is 3.81. The monoisotopic (exact) mass is 329 g/mol. The Hall–Kier alpha value is -2.69. The van der Waals surface area contributed by atoms with Crippen LogP contribution in [0.5, 0.6) is 17.2 Å². The summed E-state index contributed by atoms with van der Waals surface area (Å²) in [6, 6.07) is 12.9. The molecule has 0 radical (unpaired) electrons. The maximum atomic E-state index is 12.5. The van der Waals surface area contributed by atoms with Crippen molar-refractivity contribution in [1.82, 2.24) is 0 Å². The summed E-state index contributed by atoms with van der Waals surface area (Å²) in [6.45, 7) is 3.89. The molecule has 0 aliphatic carbocycles. The van der Waals surface area contributed by atoms with E-state index in [1.807, 2.05) is 38.1 Å². The first-order valence-electron chi connectivity index (χ1n) is 7.83. The lowest BCUT2D eigenvalue weighted by Crippen LogP contribution is -2.32. The summed E-state index contributed by atoms with van der Waals surface area (Å²) >= 11 is 0. The molecule has 0 aliphatic rings. The molecule has 0 spiro atoms. The summed E-state index contributed by atoms with van der Waals surface area (Å²) in [5.41, 5.74) is 1.66. The van der Waals surface area contributed by atoms with Gasteiger partial charge in [0.05, 0.1) is 19.9 Å². The molecular weight excluding hydrogens is 306 g/mol. The van der Waals surface area contributed by atoms with Gasteiger partial charge in [-0.2, -0.15) is 0 Å². The third-order valence-corrected chi connectivity index (χ3v) is 3.60. The lowest BCUT2D eigenvalue weighted by Gasteiger charge is -2.18. The lowest BCUT2D eigenvalue weighted by atomic mass is 10.2. The highest BCUT2D eigenvalue weighted by Crippen LogP contribution is 2.29. The van der Waals surface area contributed by atoms with Crippen molar-refractivity contribution in [2.75, 3.05) is 19.5 Å². The summed E-state index contributed by atoms with van der Waals surface area (Å²) in [4.78, 5) is 12.5. The van der Waals surface area contributed by atoms with Crippen LogP contribution in [-0.2, 0) is 4.79 Å². The molecule has 0 saturated heterocycles. The zero-order chi connectivity index (χ0) is 17.5. The SMILES string of the molecule is CCC(Oc1cccc(C)c1)C(=O)Nc1ccc(OC)cc1OC. The van der Waals surface area contributed by atoms with E-state index in [1.54, 1.807) is 32.4 Å². The van der Waals surface area contributed by atoms with Gasteiger partial charge in [0.1, 0.15) is 17.2 Å². The fourth-order valence-corrected chi connectivity index (χ4v) is 2.29. The highest BCUT2D eigenvalue weighted by atomic mass is 16.5. The Morgan fingerprint density at radius 3 is 2.50 bits per heavy atom. The molecule has 0 aliphatic heterocycles. The van der Waals surface area contributed by atoms with Gasteiger partial charge in [-0.15, -0.1) is 0 Å². The maximum Gasteiger partial charge on any atom is 0.265 e. The number of nitrogens with one attached hydrogen (secondary N) is 1. The fourth-order valence-electron chi connectivity index (χ4n) is 2.29. The van der Waals surface area contributed by atoms with Crippen molar-refractivity contribution in [2.24, 2.45) is 0 Å². The normalized spacial score (nSPS) is 11.5. The molecule has 2 aromatic carbocycles. The van der Waals surface area contributed by atoms with Gasteiger partial charge in [-0.1, -0.05) is 19.1 Å². The molecule has 1 atom stereocenters. The van der Waals surface area contributed by atoms with Crippen molar-refractivity contribution in [2.45, 2.75) is 26.4 Å². The minimum atomic E-state index is -0.585. The molecule has 5 heteroatoms. The Morgan fingerprint density at radius 1 is 1.08 bits per heavy atom. The average molecular weight is 329 g/mol. The second-order valence-corrected chi connectivity index (χ2v) is 5.39. The van der Waals surface area contributed by atoms with Gasteiger partial charge in [-0.3, -0.25) is 4.79 Å². The summed E-state index contributed by atoms with van der Waals surface area (Å²) in [7, 11) is 3.13. The van der Waals surface area contributed by atoms with Crippen LogP contribution in [0.3, 0.4) is 0 Å². The van der Waals surface area contributed by atoms with Crippen molar-refractivity contribution in [1.29, 1.82) is 0 Å². The molecule has 128 valence electrons. The number of hydrogen-bond acceptors (Lipinski definition) is 4. The Kier molecular flexibility index (Phi) is 6.07. The molecule has 0 fully saturated rings. The molecule has 0 bridgehead atoms. The number of benzene rings is 2. The van der Waals surface area contributed by atoms with Crippen LogP contribution in [0.2, 0.25) is 0 Å². The molecule has 2 rings (SSSR count). The van der Waals surface area contributed by atoms with Gasteiger partial charge in [0.15, 0.2) is 6.10 Å². The molecule has 5 nitrogen and oxygen atoms in total. The zero-order valence-electron chi connectivity index (χ0n) is 14.5. The minimum absolute atomic E-state index is 0.220. The van der Waals surface area contributed by atoms with Crippen LogP contribution < -0.4 is 19.5 Å². The van der Waals surface area contributed by atoms with E-state index in [0.717, 1.165) is 5.56 Å². The van der Waals surface area contributed by atoms with Crippen LogP contribution in [0.4, 0.5) is 5.69 Å². The Bertz CT molecular complexity index is 700. The third-order valence-electron chi connectivity index (χ3n) is 3.60. The number of methoxy groups -OCH3 is 2. The molecule has 1 unspecified atom stereocenters. The molecule has 0 aromatic heterocycles. The van der Waals surface area contributed by atoms with Gasteiger partial charge in [0.2, 0.25) is 0 Å². The molecule has 0 heterocycles. The van der Waals surface area contributed by atoms with Gasteiger partial charge < -0.3 is 19.5 Å². The number of ether oxygens (including phenoxy) is 3. The summed E-state index contributed by atoms with van der Waals surface area (Å²) in [5, 5.41) is 2.85. The molecule has 0 saturated carbocycles. The molecule has 1 N–H and O–H groups in total. The van der Waals surface area contributed by atoms with Crippen LogP contribution in [-0.4, -0.2) is 26.2 Å². The van der Waals surface area contributed by atoms with E-state index in [4.69, 9.17) is 14.2 Å². The molecule has 2 aromatic rings. The van der Waals surface area contributed by atoms with Crippen LogP contribution in [0.1, 0.15) is 18.9 Å². The van der Waals surface area contributed by atoms with Crippen LogP contribution in [0, 0.1) is 6.92 Å². The first-order valence-corrected chi connectivity index (χ1v) is 7.83. The minimum Gasteiger partial charge on any atom is -0.497 e. The van der Waals surface area contributed by atoms with Crippen LogP contribution in [0.15, 0.2) is 42.5 Å². The first kappa shape index (κ1) is 17.7. The van der Waals surface area contributed by atoms with Crippen molar-refractivity contribution in [3.63, 3.8) is 0 Å². The van der Waals surface area contributed by atoms with Gasteiger partial charge in [-0.05, 0) is 43.2 Å². The third kappa shape index (κ3) is 4.41. The van der Waals surface area contributed by atoms with E-state index in [-0.39, 0.29) is 5.91 Å². The number of carbonyl (C=O) groups excluding carboxylic acids is 1. The average Bonchev–Trinajstić information content (AvgIpc) is 2.59. The van der Waals surface area contributed by atoms with E-state index in [1.165, 1.54) is 0 Å². The summed E-state index contributed by atoms with van der Waals surface area (Å²) in [6.07, 6.45) is -0.0308. The van der Waals surface area contributed by atoms with Crippen molar-refractivity contribution >= 4 is 11.6 Å². The number of amides is 1. The van der Waals surface area contributed by atoms with Crippen molar-refractivity contribution < 1.29 is 19.0 Å². The Balaban J connectivity index is 2.12. The number of aryl methyl sites for hydroxylation is 1. The quantitative estimate of drug-likeness (QED) is 0.839. The fraction of sp³-hybridized carbons (Fsp3) is 0.316. The predicted molar refractivity (Wildman–Crippen MR) is 94.1 cm³/mol.